The van der Waals surface area contributed by atoms with Crippen LogP contribution in [0.3, 0.4) is 0 Å². The van der Waals surface area contributed by atoms with Crippen molar-refractivity contribution in [1.29, 1.82) is 0 Å². The van der Waals surface area contributed by atoms with Gasteiger partial charge in [-0.25, -0.2) is 0 Å². The lowest BCUT2D eigenvalue weighted by atomic mass is 10.1. The number of carbonyl (C=O) groups excluding carboxylic acids is 1. The van der Waals surface area contributed by atoms with E-state index in [9.17, 15) is 4.79 Å². The Morgan fingerprint density at radius 3 is 1.74 bits per heavy atom. The molecule has 0 aliphatic carbocycles. The maximum absolute atomic E-state index is 12.4. The molecule has 5 heteroatoms. The van der Waals surface area contributed by atoms with Crippen molar-refractivity contribution in [3.8, 4) is 0 Å². The van der Waals surface area contributed by atoms with Crippen molar-refractivity contribution in [1.82, 2.24) is 0 Å². The van der Waals surface area contributed by atoms with Gasteiger partial charge in [-0.3, -0.25) is 4.79 Å². The molecule has 0 rings (SSSR count). The highest BCUT2D eigenvalue weighted by Crippen LogP contribution is 2.17. The Labute approximate surface area is 144 Å². The summed E-state index contributed by atoms with van der Waals surface area (Å²) in [4.78, 5) is 12.4. The van der Waals surface area contributed by atoms with Crippen LogP contribution in [0.1, 0.15) is 79.1 Å². The third-order valence-corrected chi connectivity index (χ3v) is 6.53. The van der Waals surface area contributed by atoms with Gasteiger partial charge in [0.1, 0.15) is 0 Å². The van der Waals surface area contributed by atoms with Gasteiger partial charge in [-0.2, -0.15) is 0 Å². The van der Waals surface area contributed by atoms with Crippen molar-refractivity contribution >= 4 is 14.2 Å². The van der Waals surface area contributed by atoms with Gasteiger partial charge in [0.25, 0.3) is 0 Å². The van der Waals surface area contributed by atoms with Gasteiger partial charge in [-0.1, -0.05) is 58.4 Å². The topological polar surface area (TPSA) is 44.8 Å². The van der Waals surface area contributed by atoms with E-state index in [-0.39, 0.29) is 5.41 Å². The highest BCUT2D eigenvalue weighted by atomic mass is 28.4. The fourth-order valence-corrected chi connectivity index (χ4v) is 4.74. The van der Waals surface area contributed by atoms with Gasteiger partial charge in [0.05, 0.1) is 0 Å². The summed E-state index contributed by atoms with van der Waals surface area (Å²) in [6, 6.07) is 0. The highest BCUT2D eigenvalue weighted by Gasteiger charge is 2.50. The second-order valence-electron chi connectivity index (χ2n) is 5.86. The van der Waals surface area contributed by atoms with Gasteiger partial charge in [0.15, 0.2) is 0 Å². The van der Waals surface area contributed by atoms with Crippen molar-refractivity contribution in [2.24, 2.45) is 0 Å². The predicted octanol–water partition coefficient (Wildman–Crippen LogP) is 4.84. The molecule has 0 saturated heterocycles. The van der Waals surface area contributed by atoms with E-state index in [1.54, 1.807) is 6.92 Å². The van der Waals surface area contributed by atoms with E-state index < -0.39 is 8.80 Å². The largest absolute Gasteiger partial charge is 0.579 e. The normalized spacial score (nSPS) is 11.7. The van der Waals surface area contributed by atoms with Crippen LogP contribution >= 0.6 is 0 Å². The molecular formula is C18H36O4Si. The van der Waals surface area contributed by atoms with E-state index in [0.717, 1.165) is 12.8 Å². The molecule has 0 aromatic carbocycles. The molecule has 0 aromatic rings. The number of hydrogen-bond acceptors (Lipinski definition) is 4. The standard InChI is InChI=1S/C18H36O4Si/c1-6-9-10-11-12-13-14-15-16-22-23(20-7-2,21-8-3)18(19)17(4)5/h4,6-16H2,1-3,5H3. The summed E-state index contributed by atoms with van der Waals surface area (Å²) >= 11 is 0. The molecule has 136 valence electrons. The molecule has 0 aliphatic heterocycles. The van der Waals surface area contributed by atoms with Crippen molar-refractivity contribution in [2.45, 2.75) is 79.1 Å². The lowest BCUT2D eigenvalue weighted by Gasteiger charge is -2.27. The van der Waals surface area contributed by atoms with Crippen molar-refractivity contribution < 1.29 is 18.1 Å². The van der Waals surface area contributed by atoms with E-state index >= 15 is 0 Å². The van der Waals surface area contributed by atoms with Crippen LogP contribution in [0, 0.1) is 0 Å². The Bertz CT molecular complexity index is 325. The van der Waals surface area contributed by atoms with Crippen LogP contribution in [0.25, 0.3) is 0 Å². The summed E-state index contributed by atoms with van der Waals surface area (Å²) in [5.74, 6) is 0. The van der Waals surface area contributed by atoms with Gasteiger partial charge < -0.3 is 13.3 Å². The van der Waals surface area contributed by atoms with Gasteiger partial charge in [0, 0.05) is 19.8 Å². The van der Waals surface area contributed by atoms with Gasteiger partial charge in [-0.05, 0) is 32.8 Å². The molecule has 4 nitrogen and oxygen atoms in total. The molecule has 0 atom stereocenters. The predicted molar refractivity (Wildman–Crippen MR) is 97.4 cm³/mol. The van der Waals surface area contributed by atoms with Crippen molar-refractivity contribution in [2.75, 3.05) is 19.8 Å². The van der Waals surface area contributed by atoms with Crippen LogP contribution in [0.5, 0.6) is 0 Å². The smallest absolute Gasteiger partial charge is 0.368 e. The molecule has 0 saturated carbocycles. The molecule has 0 fully saturated rings. The summed E-state index contributed by atoms with van der Waals surface area (Å²) in [7, 11) is -3.29. The minimum atomic E-state index is -3.29. The number of rotatable bonds is 16. The third kappa shape index (κ3) is 9.40. The zero-order valence-corrected chi connectivity index (χ0v) is 16.6. The highest BCUT2D eigenvalue weighted by molar-refractivity contribution is 6.94. The first-order valence-electron chi connectivity index (χ1n) is 9.16. The number of carbonyl (C=O) groups is 1. The van der Waals surface area contributed by atoms with E-state index in [4.69, 9.17) is 13.3 Å². The lowest BCUT2D eigenvalue weighted by Crippen LogP contribution is -2.54. The average Bonchev–Trinajstić information content (AvgIpc) is 2.52. The van der Waals surface area contributed by atoms with Crippen LogP contribution in [0.4, 0.5) is 0 Å². The molecule has 0 radical (unpaired) electrons. The first-order chi connectivity index (χ1) is 11.0. The Morgan fingerprint density at radius 1 is 0.826 bits per heavy atom. The molecule has 0 spiro atoms. The molecule has 0 amide bonds. The minimum Gasteiger partial charge on any atom is -0.368 e. The van der Waals surface area contributed by atoms with E-state index in [2.05, 4.69) is 13.5 Å². The van der Waals surface area contributed by atoms with E-state index in [1.807, 2.05) is 13.8 Å². The van der Waals surface area contributed by atoms with Crippen LogP contribution < -0.4 is 0 Å². The van der Waals surface area contributed by atoms with E-state index in [0.29, 0.717) is 25.4 Å². The first kappa shape index (κ1) is 22.5. The van der Waals surface area contributed by atoms with Gasteiger partial charge in [-0.15, -0.1) is 0 Å². The zero-order valence-electron chi connectivity index (χ0n) is 15.6. The van der Waals surface area contributed by atoms with Crippen LogP contribution in [0.15, 0.2) is 12.2 Å². The Kier molecular flexibility index (Phi) is 13.6. The minimum absolute atomic E-state index is 0.194. The van der Waals surface area contributed by atoms with Gasteiger partial charge >= 0.3 is 8.80 Å². The SMILES string of the molecule is C=C(C)C(=O)[Si](OCC)(OCC)OCCCCCCCCCC. The lowest BCUT2D eigenvalue weighted by molar-refractivity contribution is -0.116. The Hall–Kier alpha value is -0.493. The molecule has 0 aromatic heterocycles. The van der Waals surface area contributed by atoms with Gasteiger partial charge in [0.2, 0.25) is 5.41 Å². The summed E-state index contributed by atoms with van der Waals surface area (Å²) in [5, 5.41) is -0.194. The summed E-state index contributed by atoms with van der Waals surface area (Å²) in [6.45, 7) is 12.7. The number of unbranched alkanes of at least 4 members (excludes halogenated alkanes) is 7. The molecule has 0 bridgehead atoms. The number of hydrogen-bond donors (Lipinski definition) is 0. The monoisotopic (exact) mass is 344 g/mol. The Morgan fingerprint density at radius 2 is 1.30 bits per heavy atom. The van der Waals surface area contributed by atoms with Crippen LogP contribution in [-0.2, 0) is 18.1 Å². The van der Waals surface area contributed by atoms with E-state index in [1.165, 1.54) is 38.5 Å². The molecular weight excluding hydrogens is 308 g/mol. The fourth-order valence-electron chi connectivity index (χ4n) is 2.41. The maximum Gasteiger partial charge on any atom is 0.579 e. The molecule has 0 unspecified atom stereocenters. The van der Waals surface area contributed by atoms with Crippen molar-refractivity contribution in [3.05, 3.63) is 12.2 Å². The maximum atomic E-state index is 12.4. The number of allylic oxidation sites excluding steroid dienone is 1. The molecule has 23 heavy (non-hydrogen) atoms. The fraction of sp³-hybridized carbons (Fsp3) is 0.833. The summed E-state index contributed by atoms with van der Waals surface area (Å²) in [5.41, 5.74) is 0.439. The third-order valence-electron chi connectivity index (χ3n) is 3.62. The van der Waals surface area contributed by atoms with Crippen LogP contribution in [0.2, 0.25) is 0 Å². The van der Waals surface area contributed by atoms with Crippen LogP contribution in [-0.4, -0.2) is 34.0 Å². The quantitative estimate of drug-likeness (QED) is 0.228. The summed E-state index contributed by atoms with van der Waals surface area (Å²) in [6.07, 6.45) is 9.84. The molecule has 0 heterocycles. The Balaban J connectivity index is 4.19. The second kappa shape index (κ2) is 13.9. The summed E-state index contributed by atoms with van der Waals surface area (Å²) < 4.78 is 17.2. The molecule has 0 N–H and O–H groups in total. The second-order valence-corrected chi connectivity index (χ2v) is 8.29. The van der Waals surface area contributed by atoms with Crippen molar-refractivity contribution in [3.63, 3.8) is 0 Å². The zero-order chi connectivity index (χ0) is 17.6. The molecule has 0 aliphatic rings. The first-order valence-corrected chi connectivity index (χ1v) is 10.9. The average molecular weight is 345 g/mol.